The number of aromatic nitrogens is 4. The van der Waals surface area contributed by atoms with E-state index in [9.17, 15) is 19.2 Å². The van der Waals surface area contributed by atoms with Gasteiger partial charge in [-0.15, -0.1) is 5.92 Å². The van der Waals surface area contributed by atoms with E-state index in [0.29, 0.717) is 29.3 Å². The van der Waals surface area contributed by atoms with Gasteiger partial charge in [-0.2, -0.15) is 4.98 Å². The zero-order chi connectivity index (χ0) is 24.2. The van der Waals surface area contributed by atoms with Crippen LogP contribution in [0.15, 0.2) is 39.9 Å². The van der Waals surface area contributed by atoms with Gasteiger partial charge in [-0.25, -0.2) is 14.2 Å². The molecule has 2 aromatic heterocycles. The molecule has 176 valence electrons. The van der Waals surface area contributed by atoms with Gasteiger partial charge in [0, 0.05) is 38.7 Å². The Morgan fingerprint density at radius 2 is 1.82 bits per heavy atom. The van der Waals surface area contributed by atoms with Crippen LogP contribution < -0.4 is 26.3 Å². The normalized spacial score (nSPS) is 13.4. The molecule has 0 bridgehead atoms. The zero-order valence-electron chi connectivity index (χ0n) is 18.9. The number of ketones is 1. The Kier molecular flexibility index (Phi) is 6.60. The molecule has 1 N–H and O–H groups in total. The fourth-order valence-corrected chi connectivity index (χ4v) is 3.82. The maximum atomic E-state index is 13.6. The fourth-order valence-electron chi connectivity index (χ4n) is 3.82. The molecule has 0 spiro atoms. The molecule has 0 unspecified atom stereocenters. The summed E-state index contributed by atoms with van der Waals surface area (Å²) in [6.07, 6.45) is 0. The van der Waals surface area contributed by atoms with Crippen LogP contribution in [0.1, 0.15) is 24.2 Å². The average Bonchev–Trinajstić information content (AvgIpc) is 3.23. The number of rotatable bonds is 6. The van der Waals surface area contributed by atoms with E-state index in [2.05, 4.69) is 22.1 Å². The van der Waals surface area contributed by atoms with Gasteiger partial charge < -0.3 is 15.1 Å². The van der Waals surface area contributed by atoms with Crippen LogP contribution in [-0.2, 0) is 17.9 Å². The van der Waals surface area contributed by atoms with Crippen molar-refractivity contribution in [1.82, 2.24) is 24.2 Å². The number of hydrogen-bond donors (Lipinski definition) is 1. The van der Waals surface area contributed by atoms with E-state index in [1.807, 2.05) is 4.90 Å². The van der Waals surface area contributed by atoms with E-state index in [4.69, 9.17) is 4.84 Å². The van der Waals surface area contributed by atoms with Crippen LogP contribution in [-0.4, -0.2) is 56.8 Å². The number of fused-ring (bicyclic) bond motifs is 1. The summed E-state index contributed by atoms with van der Waals surface area (Å²) in [5.41, 5.74) is -1.40. The number of benzene rings is 1. The Labute approximate surface area is 194 Å². The smallest absolute Gasteiger partial charge is 0.340 e. The Morgan fingerprint density at radius 1 is 1.12 bits per heavy atom. The van der Waals surface area contributed by atoms with Crippen molar-refractivity contribution in [3.8, 4) is 11.8 Å². The van der Waals surface area contributed by atoms with E-state index >= 15 is 0 Å². The highest BCUT2D eigenvalue weighted by atomic mass is 16.7. The molecule has 0 aliphatic carbocycles. The van der Waals surface area contributed by atoms with Gasteiger partial charge in [0.05, 0.1) is 13.1 Å². The van der Waals surface area contributed by atoms with E-state index in [-0.39, 0.29) is 17.7 Å². The topological polar surface area (TPSA) is 120 Å². The van der Waals surface area contributed by atoms with Gasteiger partial charge >= 0.3 is 11.7 Å². The number of anilines is 1. The van der Waals surface area contributed by atoms with Crippen molar-refractivity contribution in [2.45, 2.75) is 26.9 Å². The van der Waals surface area contributed by atoms with Gasteiger partial charge in [0.2, 0.25) is 11.6 Å². The van der Waals surface area contributed by atoms with Crippen LogP contribution in [0.4, 0.5) is 5.95 Å². The quantitative estimate of drug-likeness (QED) is 0.388. The highest BCUT2D eigenvalue weighted by molar-refractivity contribution is 5.96. The lowest BCUT2D eigenvalue weighted by Gasteiger charge is -2.28. The first-order chi connectivity index (χ1) is 16.4. The van der Waals surface area contributed by atoms with Gasteiger partial charge in [0.15, 0.2) is 11.3 Å². The molecule has 3 aromatic rings. The monoisotopic (exact) mass is 464 g/mol. The first-order valence-electron chi connectivity index (χ1n) is 10.8. The molecule has 11 heteroatoms. The second-order valence-corrected chi connectivity index (χ2v) is 7.67. The Hall–Kier alpha value is -4.17. The van der Waals surface area contributed by atoms with E-state index in [0.717, 1.165) is 24.6 Å². The molecule has 0 saturated carbocycles. The zero-order valence-corrected chi connectivity index (χ0v) is 18.9. The summed E-state index contributed by atoms with van der Waals surface area (Å²) < 4.78 is 3.04. The lowest BCUT2D eigenvalue weighted by atomic mass is 10.1. The number of imidazole rings is 1. The maximum Gasteiger partial charge on any atom is 0.367 e. The lowest BCUT2D eigenvalue weighted by Crippen LogP contribution is -2.45. The SMILES string of the molecule is CC#CCn1c(N2CCNCC2)nc2c1c(=O)n(CC(=O)c1ccccc1)c(=O)n2OC(C)=O. The van der Waals surface area contributed by atoms with Gasteiger partial charge in [0.1, 0.15) is 0 Å². The van der Waals surface area contributed by atoms with Crippen LogP contribution in [0, 0.1) is 11.8 Å². The van der Waals surface area contributed by atoms with Crippen molar-refractivity contribution in [1.29, 1.82) is 0 Å². The number of nitrogens with zero attached hydrogens (tertiary/aromatic N) is 5. The largest absolute Gasteiger partial charge is 0.367 e. The summed E-state index contributed by atoms with van der Waals surface area (Å²) in [6, 6.07) is 8.33. The van der Waals surface area contributed by atoms with Crippen molar-refractivity contribution in [2.75, 3.05) is 31.1 Å². The second kappa shape index (κ2) is 9.76. The van der Waals surface area contributed by atoms with Crippen molar-refractivity contribution < 1.29 is 14.4 Å². The molecule has 1 aliphatic heterocycles. The molecule has 1 fully saturated rings. The maximum absolute atomic E-state index is 13.6. The molecular weight excluding hydrogens is 440 g/mol. The highest BCUT2D eigenvalue weighted by Crippen LogP contribution is 2.20. The minimum Gasteiger partial charge on any atom is -0.340 e. The molecule has 0 amide bonds. The van der Waals surface area contributed by atoms with E-state index < -0.39 is 29.5 Å². The summed E-state index contributed by atoms with van der Waals surface area (Å²) in [5.74, 6) is 4.96. The first kappa shape index (κ1) is 23.0. The number of nitrogens with one attached hydrogen (secondary N) is 1. The van der Waals surface area contributed by atoms with Crippen molar-refractivity contribution in [3.05, 3.63) is 56.7 Å². The van der Waals surface area contributed by atoms with Crippen molar-refractivity contribution in [3.63, 3.8) is 0 Å². The fraction of sp³-hybridized carbons (Fsp3) is 0.348. The van der Waals surface area contributed by atoms with Crippen LogP contribution in [0.25, 0.3) is 11.2 Å². The molecular formula is C23H24N6O5. The molecule has 1 saturated heterocycles. The number of Topliss-reactive ketones (excluding diaryl/α,β-unsaturated/α-hetero) is 1. The molecule has 3 heterocycles. The minimum absolute atomic E-state index is 0.0259. The van der Waals surface area contributed by atoms with Crippen molar-refractivity contribution >= 4 is 28.9 Å². The standard InChI is InChI=1S/C23H24N6O5/c1-3-4-12-27-19-20(25-22(27)26-13-10-24-11-14-26)29(34-16(2)30)23(33)28(21(19)32)15-18(31)17-8-6-5-7-9-17/h5-9,24H,10-15H2,1-2H3. The number of carbonyl (C=O) groups excluding carboxylic acids is 2. The third kappa shape index (κ3) is 4.35. The number of hydrogen-bond acceptors (Lipinski definition) is 8. The minimum atomic E-state index is -0.963. The van der Waals surface area contributed by atoms with Gasteiger partial charge in [-0.3, -0.25) is 14.2 Å². The van der Waals surface area contributed by atoms with Crippen LogP contribution >= 0.6 is 0 Å². The molecule has 0 radical (unpaired) electrons. The lowest BCUT2D eigenvalue weighted by molar-refractivity contribution is -0.141. The molecule has 4 rings (SSSR count). The third-order valence-electron chi connectivity index (χ3n) is 5.40. The summed E-state index contributed by atoms with van der Waals surface area (Å²) in [5, 5.41) is 3.25. The molecule has 0 atom stereocenters. The molecule has 1 aromatic carbocycles. The predicted molar refractivity (Wildman–Crippen MR) is 125 cm³/mol. The predicted octanol–water partition coefficient (Wildman–Crippen LogP) is -0.349. The van der Waals surface area contributed by atoms with Gasteiger partial charge in [-0.05, 0) is 6.92 Å². The second-order valence-electron chi connectivity index (χ2n) is 7.67. The molecule has 11 nitrogen and oxygen atoms in total. The Bertz CT molecular complexity index is 1420. The van der Waals surface area contributed by atoms with E-state index in [1.165, 1.54) is 0 Å². The summed E-state index contributed by atoms with van der Waals surface area (Å²) in [7, 11) is 0. The number of piperazine rings is 1. The molecule has 34 heavy (non-hydrogen) atoms. The van der Waals surface area contributed by atoms with Crippen molar-refractivity contribution in [2.24, 2.45) is 0 Å². The van der Waals surface area contributed by atoms with Gasteiger partial charge in [0.25, 0.3) is 5.56 Å². The number of carbonyl (C=O) groups is 2. The summed E-state index contributed by atoms with van der Waals surface area (Å²) in [6.45, 7) is 5.11. The van der Waals surface area contributed by atoms with Crippen LogP contribution in [0.5, 0.6) is 0 Å². The van der Waals surface area contributed by atoms with Gasteiger partial charge in [-0.1, -0.05) is 41.0 Å². The first-order valence-corrected chi connectivity index (χ1v) is 10.8. The summed E-state index contributed by atoms with van der Waals surface area (Å²) in [4.78, 5) is 63.0. The molecule has 1 aliphatic rings. The summed E-state index contributed by atoms with van der Waals surface area (Å²) >= 11 is 0. The third-order valence-corrected chi connectivity index (χ3v) is 5.40. The Morgan fingerprint density at radius 3 is 2.47 bits per heavy atom. The van der Waals surface area contributed by atoms with Crippen LogP contribution in [0.2, 0.25) is 0 Å². The highest BCUT2D eigenvalue weighted by Gasteiger charge is 2.27. The van der Waals surface area contributed by atoms with Crippen LogP contribution in [0.3, 0.4) is 0 Å². The van der Waals surface area contributed by atoms with E-state index in [1.54, 1.807) is 41.8 Å². The Balaban J connectivity index is 1.96. The average molecular weight is 464 g/mol.